The number of halogens is 1. The maximum absolute atomic E-state index is 13.5. The third kappa shape index (κ3) is 7.75. The summed E-state index contributed by atoms with van der Waals surface area (Å²) in [4.78, 5) is 27.6. The van der Waals surface area contributed by atoms with E-state index >= 15 is 0 Å². The Morgan fingerprint density at radius 3 is 2.39 bits per heavy atom. The molecule has 2 rings (SSSR count). The third-order valence-corrected chi connectivity index (χ3v) is 6.67. The summed E-state index contributed by atoms with van der Waals surface area (Å²) in [6, 6.07) is 13.4. The van der Waals surface area contributed by atoms with Gasteiger partial charge in [-0.05, 0) is 43.5 Å². The van der Waals surface area contributed by atoms with E-state index in [9.17, 15) is 18.0 Å². The molecule has 0 spiro atoms. The molecule has 33 heavy (non-hydrogen) atoms. The van der Waals surface area contributed by atoms with Crippen molar-refractivity contribution in [3.63, 3.8) is 0 Å². The summed E-state index contributed by atoms with van der Waals surface area (Å²) in [7, 11) is -3.80. The minimum absolute atomic E-state index is 0.175. The molecule has 1 atom stereocenters. The largest absolute Gasteiger partial charge is 0.354 e. The van der Waals surface area contributed by atoms with Crippen LogP contribution in [-0.4, -0.2) is 50.5 Å². The maximum atomic E-state index is 13.5. The summed E-state index contributed by atoms with van der Waals surface area (Å²) in [5, 5.41) is 3.22. The van der Waals surface area contributed by atoms with Crippen LogP contribution in [0.5, 0.6) is 0 Å². The van der Waals surface area contributed by atoms with Gasteiger partial charge in [-0.25, -0.2) is 8.42 Å². The van der Waals surface area contributed by atoms with Crippen LogP contribution in [0.1, 0.15) is 37.8 Å². The molecule has 0 aromatic heterocycles. The monoisotopic (exact) mass is 493 g/mol. The second-order valence-corrected chi connectivity index (χ2v) is 10.4. The Morgan fingerprint density at radius 2 is 1.79 bits per heavy atom. The first-order valence-corrected chi connectivity index (χ1v) is 13.1. The standard InChI is InChI=1S/C24H32ClN3O4S/c1-5-6-14-26-24(30)19(3)27(16-20-10-8-7-9-11-20)23(29)17-28(33(4,31)32)22-15-21(25)13-12-18(22)2/h7-13,15,19H,5-6,14,16-17H2,1-4H3,(H,26,30)/t19-/m1/s1. The van der Waals surface area contributed by atoms with Gasteiger partial charge < -0.3 is 10.2 Å². The number of amides is 2. The van der Waals surface area contributed by atoms with E-state index in [1.54, 1.807) is 26.0 Å². The van der Waals surface area contributed by atoms with Gasteiger partial charge in [0.2, 0.25) is 21.8 Å². The van der Waals surface area contributed by atoms with Gasteiger partial charge in [-0.15, -0.1) is 0 Å². The van der Waals surface area contributed by atoms with E-state index in [2.05, 4.69) is 5.32 Å². The second-order valence-electron chi connectivity index (χ2n) is 8.03. The number of rotatable bonds is 11. The zero-order valence-corrected chi connectivity index (χ0v) is 21.1. The van der Waals surface area contributed by atoms with Crippen LogP contribution < -0.4 is 9.62 Å². The van der Waals surface area contributed by atoms with Crippen LogP contribution in [0.2, 0.25) is 5.02 Å². The Morgan fingerprint density at radius 1 is 1.12 bits per heavy atom. The minimum atomic E-state index is -3.80. The molecule has 2 aromatic carbocycles. The molecule has 0 unspecified atom stereocenters. The number of anilines is 1. The molecule has 2 aromatic rings. The van der Waals surface area contributed by atoms with Gasteiger partial charge in [0.25, 0.3) is 0 Å². The van der Waals surface area contributed by atoms with E-state index in [0.29, 0.717) is 22.8 Å². The fraction of sp³-hybridized carbons (Fsp3) is 0.417. The Labute approximate surface area is 201 Å². The summed E-state index contributed by atoms with van der Waals surface area (Å²) < 4.78 is 26.3. The van der Waals surface area contributed by atoms with Crippen molar-refractivity contribution in [2.75, 3.05) is 23.7 Å². The molecule has 0 saturated carbocycles. The van der Waals surface area contributed by atoms with Crippen molar-refractivity contribution in [2.45, 2.75) is 46.2 Å². The predicted molar refractivity (Wildman–Crippen MR) is 133 cm³/mol. The van der Waals surface area contributed by atoms with E-state index in [1.165, 1.54) is 11.0 Å². The van der Waals surface area contributed by atoms with Gasteiger partial charge >= 0.3 is 0 Å². The van der Waals surface area contributed by atoms with Gasteiger partial charge in [-0.3, -0.25) is 13.9 Å². The Bertz CT molecular complexity index is 1060. The normalized spacial score (nSPS) is 12.2. The molecule has 0 fully saturated rings. The maximum Gasteiger partial charge on any atom is 0.244 e. The van der Waals surface area contributed by atoms with E-state index in [0.717, 1.165) is 29.0 Å². The lowest BCUT2D eigenvalue weighted by atomic mass is 10.1. The highest BCUT2D eigenvalue weighted by molar-refractivity contribution is 7.92. The Hall–Kier alpha value is -2.58. The van der Waals surface area contributed by atoms with Crippen molar-refractivity contribution in [1.82, 2.24) is 10.2 Å². The van der Waals surface area contributed by atoms with Crippen LogP contribution in [0.4, 0.5) is 5.69 Å². The smallest absolute Gasteiger partial charge is 0.244 e. The average Bonchev–Trinajstić information content (AvgIpc) is 2.77. The highest BCUT2D eigenvalue weighted by Crippen LogP contribution is 2.26. The molecule has 1 N–H and O–H groups in total. The first-order valence-electron chi connectivity index (χ1n) is 10.9. The Kier molecular flexibility index (Phi) is 9.73. The fourth-order valence-corrected chi connectivity index (χ4v) is 4.41. The summed E-state index contributed by atoms with van der Waals surface area (Å²) in [5.41, 5.74) is 1.83. The first-order chi connectivity index (χ1) is 15.5. The molecule has 0 aliphatic heterocycles. The second kappa shape index (κ2) is 12.0. The minimum Gasteiger partial charge on any atom is -0.354 e. The summed E-state index contributed by atoms with van der Waals surface area (Å²) >= 11 is 6.10. The number of sulfonamides is 1. The summed E-state index contributed by atoms with van der Waals surface area (Å²) in [6.45, 7) is 5.67. The lowest BCUT2D eigenvalue weighted by Crippen LogP contribution is -2.51. The highest BCUT2D eigenvalue weighted by Gasteiger charge is 2.30. The number of carbonyl (C=O) groups excluding carboxylic acids is 2. The molecule has 180 valence electrons. The number of hydrogen-bond acceptors (Lipinski definition) is 4. The molecule has 7 nitrogen and oxygen atoms in total. The van der Waals surface area contributed by atoms with Gasteiger partial charge in [-0.1, -0.05) is 61.3 Å². The number of aryl methyl sites for hydroxylation is 1. The molecule has 0 radical (unpaired) electrons. The van der Waals surface area contributed by atoms with E-state index in [-0.39, 0.29) is 12.5 Å². The van der Waals surface area contributed by atoms with Gasteiger partial charge in [0.15, 0.2) is 0 Å². The van der Waals surface area contributed by atoms with E-state index in [1.807, 2.05) is 37.3 Å². The quantitative estimate of drug-likeness (QED) is 0.483. The molecule has 0 heterocycles. The van der Waals surface area contributed by atoms with E-state index in [4.69, 9.17) is 11.6 Å². The number of carbonyl (C=O) groups is 2. The van der Waals surface area contributed by atoms with E-state index < -0.39 is 28.5 Å². The SMILES string of the molecule is CCCCNC(=O)[C@@H](C)N(Cc1ccccc1)C(=O)CN(c1cc(Cl)ccc1C)S(C)(=O)=O. The van der Waals surface area contributed by atoms with Crippen molar-refractivity contribution in [3.8, 4) is 0 Å². The lowest BCUT2D eigenvalue weighted by molar-refractivity contribution is -0.139. The topological polar surface area (TPSA) is 86.8 Å². The summed E-state index contributed by atoms with van der Waals surface area (Å²) in [6.07, 6.45) is 2.81. The third-order valence-electron chi connectivity index (χ3n) is 5.31. The molecule has 0 saturated heterocycles. The van der Waals surface area contributed by atoms with Gasteiger partial charge in [0.05, 0.1) is 11.9 Å². The first kappa shape index (κ1) is 26.7. The molecule has 0 aliphatic rings. The fourth-order valence-electron chi connectivity index (χ4n) is 3.34. The van der Waals surface area contributed by atoms with Gasteiger partial charge in [0.1, 0.15) is 12.6 Å². The van der Waals surface area contributed by atoms with Crippen LogP contribution in [-0.2, 0) is 26.2 Å². The molecule has 0 aliphatic carbocycles. The number of hydrogen-bond donors (Lipinski definition) is 1. The van der Waals surface area contributed by atoms with Crippen LogP contribution in [0.15, 0.2) is 48.5 Å². The molecular formula is C24H32ClN3O4S. The molecule has 9 heteroatoms. The molecule has 2 amide bonds. The van der Waals surface area contributed by atoms with Crippen LogP contribution in [0.3, 0.4) is 0 Å². The number of unbranched alkanes of at least 4 members (excludes halogenated alkanes) is 1. The van der Waals surface area contributed by atoms with Crippen LogP contribution in [0, 0.1) is 6.92 Å². The average molecular weight is 494 g/mol. The van der Waals surface area contributed by atoms with Crippen LogP contribution >= 0.6 is 11.6 Å². The summed E-state index contributed by atoms with van der Waals surface area (Å²) in [5.74, 6) is -0.764. The highest BCUT2D eigenvalue weighted by atomic mass is 35.5. The molecule has 0 bridgehead atoms. The lowest BCUT2D eigenvalue weighted by Gasteiger charge is -2.32. The zero-order valence-electron chi connectivity index (χ0n) is 19.5. The van der Waals surface area contributed by atoms with Crippen molar-refractivity contribution < 1.29 is 18.0 Å². The number of benzene rings is 2. The molecular weight excluding hydrogens is 462 g/mol. The van der Waals surface area contributed by atoms with Crippen molar-refractivity contribution >= 4 is 39.1 Å². The van der Waals surface area contributed by atoms with Crippen molar-refractivity contribution in [1.29, 1.82) is 0 Å². The number of nitrogens with zero attached hydrogens (tertiary/aromatic N) is 2. The van der Waals surface area contributed by atoms with Crippen molar-refractivity contribution in [2.24, 2.45) is 0 Å². The van der Waals surface area contributed by atoms with Gasteiger partial charge in [-0.2, -0.15) is 0 Å². The zero-order chi connectivity index (χ0) is 24.6. The van der Waals surface area contributed by atoms with Crippen LogP contribution in [0.25, 0.3) is 0 Å². The Balaban J connectivity index is 2.36. The van der Waals surface area contributed by atoms with Crippen molar-refractivity contribution in [3.05, 3.63) is 64.7 Å². The number of nitrogens with one attached hydrogen (secondary N) is 1. The predicted octanol–water partition coefficient (Wildman–Crippen LogP) is 3.75. The van der Waals surface area contributed by atoms with Gasteiger partial charge in [0, 0.05) is 18.1 Å².